The highest BCUT2D eigenvalue weighted by atomic mass is 16.5. The number of anilines is 2. The Balaban J connectivity index is 1.30. The Morgan fingerprint density at radius 3 is 2.94 bits per heavy atom. The lowest BCUT2D eigenvalue weighted by Gasteiger charge is -2.17. The molecule has 2 aliphatic heterocycles. The van der Waals surface area contributed by atoms with Gasteiger partial charge in [-0.1, -0.05) is 18.2 Å². The highest BCUT2D eigenvalue weighted by Gasteiger charge is 2.35. The van der Waals surface area contributed by atoms with E-state index in [0.29, 0.717) is 12.3 Å². The summed E-state index contributed by atoms with van der Waals surface area (Å²) < 4.78 is 7.49. The molecular formula is C24H24N4O3. The van der Waals surface area contributed by atoms with E-state index >= 15 is 0 Å². The number of methoxy groups -OCH3 is 1. The van der Waals surface area contributed by atoms with Crippen LogP contribution in [0.5, 0.6) is 5.75 Å². The number of nitrogens with one attached hydrogen (secondary N) is 1. The van der Waals surface area contributed by atoms with Gasteiger partial charge in [0.05, 0.1) is 24.9 Å². The van der Waals surface area contributed by atoms with Crippen molar-refractivity contribution in [3.05, 3.63) is 60.6 Å². The molecule has 0 bridgehead atoms. The number of aromatic nitrogens is 2. The van der Waals surface area contributed by atoms with Crippen LogP contribution in [-0.2, 0) is 22.6 Å². The minimum Gasteiger partial charge on any atom is -0.497 e. The van der Waals surface area contributed by atoms with Gasteiger partial charge >= 0.3 is 0 Å². The molecule has 158 valence electrons. The number of imidazole rings is 1. The molecule has 2 aromatic carbocycles. The zero-order chi connectivity index (χ0) is 21.4. The monoisotopic (exact) mass is 416 g/mol. The molecule has 5 rings (SSSR count). The van der Waals surface area contributed by atoms with Crippen LogP contribution in [0, 0.1) is 5.92 Å². The first-order chi connectivity index (χ1) is 15.1. The molecule has 3 heterocycles. The second-order valence-corrected chi connectivity index (χ2v) is 7.99. The second kappa shape index (κ2) is 7.91. The number of aryl methyl sites for hydroxylation is 1. The maximum atomic E-state index is 12.9. The molecule has 1 fully saturated rings. The lowest BCUT2D eigenvalue weighted by atomic mass is 10.1. The van der Waals surface area contributed by atoms with Crippen molar-refractivity contribution in [2.24, 2.45) is 5.92 Å². The van der Waals surface area contributed by atoms with Crippen LogP contribution in [0.4, 0.5) is 11.4 Å². The highest BCUT2D eigenvalue weighted by Crippen LogP contribution is 2.30. The molecule has 7 heteroatoms. The van der Waals surface area contributed by atoms with Crippen LogP contribution >= 0.6 is 0 Å². The number of ether oxygens (including phenoxy) is 1. The Morgan fingerprint density at radius 2 is 2.06 bits per heavy atom. The third-order valence-electron chi connectivity index (χ3n) is 6.01. The predicted octanol–water partition coefficient (Wildman–Crippen LogP) is 3.50. The van der Waals surface area contributed by atoms with Crippen LogP contribution in [-0.4, -0.2) is 35.0 Å². The standard InChI is InChI=1S/C24H24N4O3/c1-31-20-8-3-7-19(13-20)28-15-17(12-23(28)29)24(30)26-18-6-2-5-16(11-18)21-14-25-22-9-4-10-27(21)22/h2-3,5-8,11,13-14,17H,4,9-10,12,15H2,1H3,(H,26,30). The summed E-state index contributed by atoms with van der Waals surface area (Å²) in [6.07, 6.45) is 4.22. The molecule has 0 spiro atoms. The maximum Gasteiger partial charge on any atom is 0.229 e. The van der Waals surface area contributed by atoms with Crippen molar-refractivity contribution in [1.29, 1.82) is 0 Å². The minimum absolute atomic E-state index is 0.0584. The molecule has 31 heavy (non-hydrogen) atoms. The van der Waals surface area contributed by atoms with Crippen molar-refractivity contribution >= 4 is 23.2 Å². The van der Waals surface area contributed by atoms with Crippen LogP contribution in [0.1, 0.15) is 18.7 Å². The summed E-state index contributed by atoms with van der Waals surface area (Å²) >= 11 is 0. The first-order valence-corrected chi connectivity index (χ1v) is 10.5. The van der Waals surface area contributed by atoms with Crippen LogP contribution in [0.15, 0.2) is 54.7 Å². The first-order valence-electron chi connectivity index (χ1n) is 10.5. The average molecular weight is 416 g/mol. The van der Waals surface area contributed by atoms with Crippen molar-refractivity contribution in [3.8, 4) is 17.0 Å². The van der Waals surface area contributed by atoms with Crippen LogP contribution < -0.4 is 15.0 Å². The molecule has 0 aliphatic carbocycles. The van der Waals surface area contributed by atoms with Crippen molar-refractivity contribution < 1.29 is 14.3 Å². The Hall–Kier alpha value is -3.61. The number of benzene rings is 2. The second-order valence-electron chi connectivity index (χ2n) is 7.99. The molecule has 1 saturated heterocycles. The molecule has 0 saturated carbocycles. The highest BCUT2D eigenvalue weighted by molar-refractivity contribution is 6.03. The lowest BCUT2D eigenvalue weighted by Crippen LogP contribution is -2.28. The zero-order valence-corrected chi connectivity index (χ0v) is 17.4. The first kappa shape index (κ1) is 19.4. The normalized spacial score (nSPS) is 17.6. The van der Waals surface area contributed by atoms with Gasteiger partial charge in [-0.25, -0.2) is 4.98 Å². The number of hydrogen-bond acceptors (Lipinski definition) is 4. The van der Waals surface area contributed by atoms with Crippen molar-refractivity contribution in [2.45, 2.75) is 25.8 Å². The molecule has 1 aromatic heterocycles. The van der Waals surface area contributed by atoms with Crippen molar-refractivity contribution in [2.75, 3.05) is 23.9 Å². The molecule has 1 N–H and O–H groups in total. The molecule has 2 aliphatic rings. The molecule has 1 atom stereocenters. The fourth-order valence-electron chi connectivity index (χ4n) is 4.40. The van der Waals surface area contributed by atoms with Crippen LogP contribution in [0.3, 0.4) is 0 Å². The summed E-state index contributed by atoms with van der Waals surface area (Å²) in [7, 11) is 1.59. The SMILES string of the molecule is COc1cccc(N2CC(C(=O)Nc3cccc(-c4cnc5n4CCC5)c3)CC2=O)c1. The largest absolute Gasteiger partial charge is 0.497 e. The number of fused-ring (bicyclic) bond motifs is 1. The van der Waals surface area contributed by atoms with E-state index < -0.39 is 5.92 Å². The molecule has 0 radical (unpaired) electrons. The van der Waals surface area contributed by atoms with Gasteiger partial charge < -0.3 is 19.5 Å². The Bertz CT molecular complexity index is 1150. The van der Waals surface area contributed by atoms with E-state index in [0.717, 1.165) is 47.8 Å². The van der Waals surface area contributed by atoms with Gasteiger partial charge in [0.2, 0.25) is 11.8 Å². The smallest absolute Gasteiger partial charge is 0.229 e. The van der Waals surface area contributed by atoms with Gasteiger partial charge in [-0.15, -0.1) is 0 Å². The van der Waals surface area contributed by atoms with E-state index in [2.05, 4.69) is 14.9 Å². The van der Waals surface area contributed by atoms with Gasteiger partial charge in [0, 0.05) is 48.9 Å². The molecule has 1 unspecified atom stereocenters. The van der Waals surface area contributed by atoms with Gasteiger partial charge in [-0.3, -0.25) is 9.59 Å². The van der Waals surface area contributed by atoms with E-state index in [4.69, 9.17) is 4.74 Å². The number of amides is 2. The van der Waals surface area contributed by atoms with Gasteiger partial charge in [0.25, 0.3) is 0 Å². The number of carbonyl (C=O) groups excluding carboxylic acids is 2. The lowest BCUT2D eigenvalue weighted by molar-refractivity contribution is -0.122. The van der Waals surface area contributed by atoms with E-state index in [1.54, 1.807) is 12.0 Å². The summed E-state index contributed by atoms with van der Waals surface area (Å²) in [5.74, 6) is 1.20. The minimum atomic E-state index is -0.401. The van der Waals surface area contributed by atoms with Crippen molar-refractivity contribution in [3.63, 3.8) is 0 Å². The number of nitrogens with zero attached hydrogens (tertiary/aromatic N) is 3. The average Bonchev–Trinajstić information content (AvgIpc) is 3.50. The van der Waals surface area contributed by atoms with Crippen LogP contribution in [0.2, 0.25) is 0 Å². The van der Waals surface area contributed by atoms with E-state index in [1.807, 2.05) is 54.7 Å². The summed E-state index contributed by atoms with van der Waals surface area (Å²) in [6, 6.07) is 15.1. The summed E-state index contributed by atoms with van der Waals surface area (Å²) in [6.45, 7) is 1.33. The maximum absolute atomic E-state index is 12.9. The van der Waals surface area contributed by atoms with Gasteiger partial charge in [0.1, 0.15) is 11.6 Å². The topological polar surface area (TPSA) is 76.5 Å². The third kappa shape index (κ3) is 3.67. The molecule has 3 aromatic rings. The Morgan fingerprint density at radius 1 is 1.19 bits per heavy atom. The van der Waals surface area contributed by atoms with Crippen molar-refractivity contribution in [1.82, 2.24) is 9.55 Å². The van der Waals surface area contributed by atoms with Gasteiger partial charge in [-0.2, -0.15) is 0 Å². The number of hydrogen-bond donors (Lipinski definition) is 1. The summed E-state index contributed by atoms with van der Waals surface area (Å²) in [4.78, 5) is 31.6. The van der Waals surface area contributed by atoms with E-state index in [-0.39, 0.29) is 18.2 Å². The van der Waals surface area contributed by atoms with Gasteiger partial charge in [0.15, 0.2) is 0 Å². The molecular weight excluding hydrogens is 392 g/mol. The molecule has 7 nitrogen and oxygen atoms in total. The van der Waals surface area contributed by atoms with Gasteiger partial charge in [-0.05, 0) is 30.7 Å². The van der Waals surface area contributed by atoms with E-state index in [9.17, 15) is 9.59 Å². The fourth-order valence-corrected chi connectivity index (χ4v) is 4.40. The predicted molar refractivity (Wildman–Crippen MR) is 118 cm³/mol. The Kier molecular flexibility index (Phi) is 4.94. The summed E-state index contributed by atoms with van der Waals surface area (Å²) in [5.41, 5.74) is 3.57. The summed E-state index contributed by atoms with van der Waals surface area (Å²) in [5, 5.41) is 3.00. The van der Waals surface area contributed by atoms with E-state index in [1.165, 1.54) is 0 Å². The quantitative estimate of drug-likeness (QED) is 0.691. The van der Waals surface area contributed by atoms with Crippen LogP contribution in [0.25, 0.3) is 11.3 Å². The number of rotatable bonds is 5. The number of carbonyl (C=O) groups is 2. The zero-order valence-electron chi connectivity index (χ0n) is 17.4. The fraction of sp³-hybridized carbons (Fsp3) is 0.292. The Labute approximate surface area is 180 Å². The third-order valence-corrected chi connectivity index (χ3v) is 6.01. The molecule has 2 amide bonds.